The van der Waals surface area contributed by atoms with E-state index in [4.69, 9.17) is 5.73 Å². The Labute approximate surface area is 139 Å². The SMILES string of the molecule is NCCCCCCCCCNCCCCCCCCCS. The van der Waals surface area contributed by atoms with Crippen LogP contribution in [-0.4, -0.2) is 25.4 Å². The van der Waals surface area contributed by atoms with Gasteiger partial charge in [0.25, 0.3) is 0 Å². The molecule has 21 heavy (non-hydrogen) atoms. The third kappa shape index (κ3) is 20.3. The zero-order chi connectivity index (χ0) is 15.4. The minimum absolute atomic E-state index is 0.861. The van der Waals surface area contributed by atoms with Crippen molar-refractivity contribution in [2.24, 2.45) is 5.73 Å². The summed E-state index contributed by atoms with van der Waals surface area (Å²) < 4.78 is 0. The fourth-order valence-electron chi connectivity index (χ4n) is 2.65. The molecule has 0 spiro atoms. The summed E-state index contributed by atoms with van der Waals surface area (Å²) >= 11 is 4.24. The van der Waals surface area contributed by atoms with Crippen LogP contribution < -0.4 is 11.1 Å². The van der Waals surface area contributed by atoms with Crippen LogP contribution in [0.25, 0.3) is 0 Å². The van der Waals surface area contributed by atoms with E-state index in [1.54, 1.807) is 0 Å². The van der Waals surface area contributed by atoms with Crippen LogP contribution in [0, 0.1) is 0 Å². The summed E-state index contributed by atoms with van der Waals surface area (Å²) in [6.07, 6.45) is 19.1. The van der Waals surface area contributed by atoms with E-state index in [1.165, 1.54) is 103 Å². The Kier molecular flexibility index (Phi) is 20.5. The van der Waals surface area contributed by atoms with Gasteiger partial charge < -0.3 is 11.1 Å². The lowest BCUT2D eigenvalue weighted by molar-refractivity contribution is 0.536. The largest absolute Gasteiger partial charge is 0.330 e. The summed E-state index contributed by atoms with van der Waals surface area (Å²) in [4.78, 5) is 0. The lowest BCUT2D eigenvalue weighted by Gasteiger charge is -2.05. The highest BCUT2D eigenvalue weighted by Gasteiger charge is 1.93. The average Bonchev–Trinajstić information content (AvgIpc) is 2.50. The Morgan fingerprint density at radius 3 is 1.33 bits per heavy atom. The first-order chi connectivity index (χ1) is 10.4. The topological polar surface area (TPSA) is 38.0 Å². The van der Waals surface area contributed by atoms with Crippen LogP contribution in [0.15, 0.2) is 0 Å². The first kappa shape index (κ1) is 21.3. The molecule has 2 nitrogen and oxygen atoms in total. The molecule has 0 bridgehead atoms. The van der Waals surface area contributed by atoms with Crippen molar-refractivity contribution in [1.29, 1.82) is 0 Å². The van der Waals surface area contributed by atoms with E-state index in [9.17, 15) is 0 Å². The van der Waals surface area contributed by atoms with E-state index in [-0.39, 0.29) is 0 Å². The van der Waals surface area contributed by atoms with Gasteiger partial charge in [-0.1, -0.05) is 64.2 Å². The minimum atomic E-state index is 0.861. The zero-order valence-corrected chi connectivity index (χ0v) is 15.1. The molecule has 0 radical (unpaired) electrons. The predicted octanol–water partition coefficient (Wildman–Crippen LogP) is 4.93. The van der Waals surface area contributed by atoms with Crippen molar-refractivity contribution in [3.05, 3.63) is 0 Å². The highest BCUT2D eigenvalue weighted by Crippen LogP contribution is 2.08. The molecule has 128 valence electrons. The molecule has 0 aliphatic carbocycles. The van der Waals surface area contributed by atoms with Crippen molar-refractivity contribution < 1.29 is 0 Å². The van der Waals surface area contributed by atoms with Gasteiger partial charge in [-0.15, -0.1) is 0 Å². The first-order valence-electron chi connectivity index (χ1n) is 9.43. The van der Waals surface area contributed by atoms with Crippen molar-refractivity contribution in [1.82, 2.24) is 5.32 Å². The van der Waals surface area contributed by atoms with E-state index in [1.807, 2.05) is 0 Å². The van der Waals surface area contributed by atoms with E-state index in [2.05, 4.69) is 17.9 Å². The first-order valence-corrected chi connectivity index (χ1v) is 10.1. The predicted molar refractivity (Wildman–Crippen MR) is 100 cm³/mol. The summed E-state index contributed by atoms with van der Waals surface area (Å²) in [5, 5.41) is 3.58. The van der Waals surface area contributed by atoms with Gasteiger partial charge in [0.1, 0.15) is 0 Å². The number of nitrogens with two attached hydrogens (primary N) is 1. The van der Waals surface area contributed by atoms with Crippen molar-refractivity contribution in [3.63, 3.8) is 0 Å². The quantitative estimate of drug-likeness (QED) is 0.248. The fourth-order valence-corrected chi connectivity index (χ4v) is 2.87. The van der Waals surface area contributed by atoms with Gasteiger partial charge in [0.15, 0.2) is 0 Å². The Bertz CT molecular complexity index is 159. The highest BCUT2D eigenvalue weighted by atomic mass is 32.1. The Morgan fingerprint density at radius 1 is 0.524 bits per heavy atom. The van der Waals surface area contributed by atoms with Crippen molar-refractivity contribution in [2.75, 3.05) is 25.4 Å². The van der Waals surface area contributed by atoms with E-state index >= 15 is 0 Å². The molecule has 0 rings (SSSR count). The summed E-state index contributed by atoms with van der Waals surface area (Å²) in [5.41, 5.74) is 5.48. The summed E-state index contributed by atoms with van der Waals surface area (Å²) in [6.45, 7) is 3.29. The normalized spacial score (nSPS) is 11.1. The summed E-state index contributed by atoms with van der Waals surface area (Å²) in [6, 6.07) is 0. The van der Waals surface area contributed by atoms with Crippen LogP contribution in [-0.2, 0) is 0 Å². The number of rotatable bonds is 18. The molecule has 0 unspecified atom stereocenters. The van der Waals surface area contributed by atoms with Crippen LogP contribution in [0.2, 0.25) is 0 Å². The molecular weight excluding hydrogens is 276 g/mol. The molecule has 0 saturated heterocycles. The number of nitrogens with one attached hydrogen (secondary N) is 1. The van der Waals surface area contributed by atoms with Gasteiger partial charge in [0.05, 0.1) is 0 Å². The molecule has 0 aliphatic heterocycles. The molecule has 0 fully saturated rings. The van der Waals surface area contributed by atoms with Crippen LogP contribution in [0.3, 0.4) is 0 Å². The smallest absolute Gasteiger partial charge is 0.00489 e. The third-order valence-corrected chi connectivity index (χ3v) is 4.39. The molecule has 0 aromatic heterocycles. The number of thiol groups is 1. The van der Waals surface area contributed by atoms with Gasteiger partial charge >= 0.3 is 0 Å². The van der Waals surface area contributed by atoms with Gasteiger partial charge in [0, 0.05) is 0 Å². The Morgan fingerprint density at radius 2 is 0.905 bits per heavy atom. The second-order valence-corrected chi connectivity index (χ2v) is 6.66. The number of hydrogen-bond donors (Lipinski definition) is 3. The zero-order valence-electron chi connectivity index (χ0n) is 14.3. The van der Waals surface area contributed by atoms with Crippen molar-refractivity contribution in [3.8, 4) is 0 Å². The lowest BCUT2D eigenvalue weighted by Crippen LogP contribution is -2.16. The molecule has 0 aromatic carbocycles. The number of hydrogen-bond acceptors (Lipinski definition) is 3. The van der Waals surface area contributed by atoms with E-state index < -0.39 is 0 Å². The lowest BCUT2D eigenvalue weighted by atomic mass is 10.1. The molecule has 3 heteroatoms. The van der Waals surface area contributed by atoms with Crippen LogP contribution in [0.1, 0.15) is 89.9 Å². The molecule has 0 aliphatic rings. The van der Waals surface area contributed by atoms with Crippen LogP contribution in [0.4, 0.5) is 0 Å². The van der Waals surface area contributed by atoms with Gasteiger partial charge in [-0.05, 0) is 51.1 Å². The third-order valence-electron chi connectivity index (χ3n) is 4.07. The standard InChI is InChI=1S/C18H40N2S/c19-15-11-7-3-1-4-8-12-16-20-17-13-9-5-2-6-10-14-18-21/h20-21H,1-19H2. The Hall–Kier alpha value is 0.270. The van der Waals surface area contributed by atoms with Crippen molar-refractivity contribution >= 4 is 12.6 Å². The van der Waals surface area contributed by atoms with E-state index in [0.29, 0.717) is 0 Å². The van der Waals surface area contributed by atoms with Crippen LogP contribution in [0.5, 0.6) is 0 Å². The minimum Gasteiger partial charge on any atom is -0.330 e. The second-order valence-electron chi connectivity index (χ2n) is 6.21. The average molecular weight is 317 g/mol. The summed E-state index contributed by atoms with van der Waals surface area (Å²) in [7, 11) is 0. The van der Waals surface area contributed by atoms with Crippen molar-refractivity contribution in [2.45, 2.75) is 89.9 Å². The molecule has 3 N–H and O–H groups in total. The highest BCUT2D eigenvalue weighted by molar-refractivity contribution is 7.80. The maximum atomic E-state index is 5.48. The maximum Gasteiger partial charge on any atom is -0.00489 e. The molecule has 0 saturated carbocycles. The molecular formula is C18H40N2S. The molecule has 0 aromatic rings. The number of unbranched alkanes of at least 4 members (excludes halogenated alkanes) is 12. The van der Waals surface area contributed by atoms with Gasteiger partial charge in [-0.25, -0.2) is 0 Å². The van der Waals surface area contributed by atoms with E-state index in [0.717, 1.165) is 12.3 Å². The van der Waals surface area contributed by atoms with Crippen LogP contribution >= 0.6 is 12.6 Å². The Balaban J connectivity index is 2.90. The summed E-state index contributed by atoms with van der Waals surface area (Å²) in [5.74, 6) is 1.05. The second kappa shape index (κ2) is 20.3. The molecule has 0 heterocycles. The molecule has 0 amide bonds. The van der Waals surface area contributed by atoms with Gasteiger partial charge in [-0.3, -0.25) is 0 Å². The fraction of sp³-hybridized carbons (Fsp3) is 1.00. The maximum absolute atomic E-state index is 5.48. The van der Waals surface area contributed by atoms with Gasteiger partial charge in [0.2, 0.25) is 0 Å². The molecule has 0 atom stereocenters. The monoisotopic (exact) mass is 316 g/mol. The van der Waals surface area contributed by atoms with Gasteiger partial charge in [-0.2, -0.15) is 12.6 Å².